The highest BCUT2D eigenvalue weighted by Crippen LogP contribution is 2.30. The lowest BCUT2D eigenvalue weighted by atomic mass is 9.95. The first kappa shape index (κ1) is 70.5. The van der Waals surface area contributed by atoms with E-state index < -0.39 is 117 Å². The molecule has 450 valence electrons. The third kappa shape index (κ3) is 30.3. The van der Waals surface area contributed by atoms with E-state index in [-0.39, 0.29) is 12.8 Å². The molecule has 2 rings (SSSR count). The van der Waals surface area contributed by atoms with Gasteiger partial charge in [0.15, 0.2) is 12.6 Å². The van der Waals surface area contributed by atoms with E-state index in [2.05, 4.69) is 24.5 Å². The number of unbranched alkanes of at least 4 members (excludes halogenated alkanes) is 33. The van der Waals surface area contributed by atoms with Gasteiger partial charge in [0.1, 0.15) is 61.0 Å². The minimum atomic E-state index is -1.85. The Morgan fingerprint density at radius 1 is 0.487 bits per heavy atom. The summed E-state index contributed by atoms with van der Waals surface area (Å²) in [4.78, 5) is 25.5. The van der Waals surface area contributed by atoms with Crippen LogP contribution >= 0.6 is 0 Å². The van der Waals surface area contributed by atoms with Gasteiger partial charge in [0.2, 0.25) is 11.8 Å². The minimum absolute atomic E-state index is 0.196. The summed E-state index contributed by atoms with van der Waals surface area (Å²) >= 11 is 0. The lowest BCUT2D eigenvalue weighted by molar-refractivity contribution is -0.348. The summed E-state index contributed by atoms with van der Waals surface area (Å²) in [5.41, 5.74) is 0. The molecule has 2 heterocycles. The van der Waals surface area contributed by atoms with Crippen LogP contribution < -0.4 is 10.6 Å². The molecule has 0 bridgehead atoms. The Kier molecular flexibility index (Phi) is 41.8. The van der Waals surface area contributed by atoms with Crippen molar-refractivity contribution in [3.63, 3.8) is 0 Å². The second-order valence-corrected chi connectivity index (χ2v) is 22.5. The molecule has 2 saturated heterocycles. The minimum Gasteiger partial charge on any atom is -0.394 e. The largest absolute Gasteiger partial charge is 0.394 e. The first-order valence-electron chi connectivity index (χ1n) is 30.9. The fourth-order valence-electron chi connectivity index (χ4n) is 10.7. The maximum absolute atomic E-state index is 13.5. The topological polar surface area (TPSA) is 277 Å². The van der Waals surface area contributed by atoms with Gasteiger partial charge in [-0.05, 0) is 12.8 Å². The van der Waals surface area contributed by atoms with Gasteiger partial charge >= 0.3 is 0 Å². The standard InChI is InChI=1S/C59H114N2O15/c1-4-6-8-10-12-14-16-18-20-21-22-23-24-26-28-30-32-34-36-38-40-47(66)57(72)61-45(51(67)46(65)39-37-35-33-31-29-27-25-19-17-15-13-11-9-7-5-2)43-73-59-55(71)56(53(69)49(42-63)75-59)76-58-50(60-44(3)64)54(70)52(68)48(41-62)74-58/h45-56,58-59,62-63,65-71H,4-43H2,1-3H3,(H,60,64)(H,61,72)/t45-,46+,47+,48+,49+,50+,51-,52-,53-,54+,55+,56-,58+,59-/m0/s1. The average Bonchev–Trinajstić information content (AvgIpc) is 3.41. The lowest BCUT2D eigenvalue weighted by Gasteiger charge is -2.47. The molecule has 2 aliphatic rings. The van der Waals surface area contributed by atoms with Crippen LogP contribution in [0.5, 0.6) is 0 Å². The molecule has 17 heteroatoms. The maximum atomic E-state index is 13.5. The number of rotatable bonds is 49. The second-order valence-electron chi connectivity index (χ2n) is 22.5. The molecule has 0 saturated carbocycles. The highest BCUT2D eigenvalue weighted by molar-refractivity contribution is 5.80. The maximum Gasteiger partial charge on any atom is 0.249 e. The Balaban J connectivity index is 1.91. The number of nitrogens with one attached hydrogen (secondary N) is 2. The Labute approximate surface area is 459 Å². The van der Waals surface area contributed by atoms with E-state index in [9.17, 15) is 55.5 Å². The Morgan fingerprint density at radius 3 is 1.25 bits per heavy atom. The zero-order chi connectivity index (χ0) is 55.8. The number of hydrogen-bond acceptors (Lipinski definition) is 15. The van der Waals surface area contributed by atoms with Gasteiger partial charge in [-0.15, -0.1) is 0 Å². The summed E-state index contributed by atoms with van der Waals surface area (Å²) in [7, 11) is 0. The molecule has 0 aromatic carbocycles. The molecule has 0 radical (unpaired) electrons. The molecule has 0 aromatic heterocycles. The molecular formula is C59H114N2O15. The molecule has 0 unspecified atom stereocenters. The third-order valence-corrected chi connectivity index (χ3v) is 15.7. The molecule has 2 fully saturated rings. The summed E-state index contributed by atoms with van der Waals surface area (Å²) in [6.45, 7) is 3.58. The number of amides is 2. The van der Waals surface area contributed by atoms with Gasteiger partial charge in [-0.25, -0.2) is 0 Å². The van der Waals surface area contributed by atoms with E-state index in [0.717, 1.165) is 58.3 Å². The van der Waals surface area contributed by atoms with Crippen molar-refractivity contribution in [3.8, 4) is 0 Å². The number of aliphatic hydroxyl groups excluding tert-OH is 9. The molecule has 11 N–H and O–H groups in total. The van der Waals surface area contributed by atoms with E-state index >= 15 is 0 Å². The molecule has 0 aromatic rings. The van der Waals surface area contributed by atoms with Gasteiger partial charge in [0.05, 0.1) is 32.0 Å². The first-order valence-corrected chi connectivity index (χ1v) is 30.9. The van der Waals surface area contributed by atoms with Gasteiger partial charge in [0.25, 0.3) is 0 Å². The van der Waals surface area contributed by atoms with Gasteiger partial charge in [-0.1, -0.05) is 239 Å². The Morgan fingerprint density at radius 2 is 0.855 bits per heavy atom. The molecule has 0 spiro atoms. The Hall–Kier alpha value is -1.58. The van der Waals surface area contributed by atoms with Crippen molar-refractivity contribution in [2.75, 3.05) is 19.8 Å². The van der Waals surface area contributed by atoms with Crippen LogP contribution in [-0.4, -0.2) is 163 Å². The molecule has 14 atom stereocenters. The smallest absolute Gasteiger partial charge is 0.249 e. The molecular weight excluding hydrogens is 977 g/mol. The monoisotopic (exact) mass is 1090 g/mol. The number of aliphatic hydroxyl groups is 9. The van der Waals surface area contributed by atoms with Gasteiger partial charge in [-0.2, -0.15) is 0 Å². The van der Waals surface area contributed by atoms with Crippen molar-refractivity contribution in [2.24, 2.45) is 0 Å². The lowest BCUT2D eigenvalue weighted by Crippen LogP contribution is -2.68. The molecule has 17 nitrogen and oxygen atoms in total. The van der Waals surface area contributed by atoms with Gasteiger partial charge in [0, 0.05) is 6.92 Å². The SMILES string of the molecule is CCCCCCCCCCCCCCCCCCCCCC[C@@H](O)C(=O)N[C@@H](CO[C@H]1O[C@H](CO)[C@H](O)[C@H](O[C@H]2O[C@H](CO)[C@H](O)[C@H](O)[C@H]2NC(C)=O)[C@H]1O)[C@H](O)[C@H](O)CCCCCCCCCCCCCCCCC. The summed E-state index contributed by atoms with van der Waals surface area (Å²) in [6, 6.07) is -2.72. The predicted octanol–water partition coefficient (Wildman–Crippen LogP) is 7.81. The van der Waals surface area contributed by atoms with Crippen LogP contribution in [-0.2, 0) is 28.5 Å². The van der Waals surface area contributed by atoms with Crippen molar-refractivity contribution in [3.05, 3.63) is 0 Å². The number of hydrogen-bond donors (Lipinski definition) is 11. The van der Waals surface area contributed by atoms with Crippen LogP contribution in [0.1, 0.15) is 258 Å². The number of carbonyl (C=O) groups is 2. The zero-order valence-corrected chi connectivity index (χ0v) is 47.8. The summed E-state index contributed by atoms with van der Waals surface area (Å²) < 4.78 is 23.2. The van der Waals surface area contributed by atoms with E-state index in [1.54, 1.807) is 0 Å². The van der Waals surface area contributed by atoms with Crippen LogP contribution in [0.4, 0.5) is 0 Å². The van der Waals surface area contributed by atoms with Crippen LogP contribution in [0.3, 0.4) is 0 Å². The van der Waals surface area contributed by atoms with Crippen molar-refractivity contribution < 1.29 is 74.5 Å². The van der Waals surface area contributed by atoms with E-state index in [4.69, 9.17) is 18.9 Å². The fourth-order valence-corrected chi connectivity index (χ4v) is 10.7. The van der Waals surface area contributed by atoms with Crippen LogP contribution in [0.25, 0.3) is 0 Å². The third-order valence-electron chi connectivity index (χ3n) is 15.7. The quantitative estimate of drug-likeness (QED) is 0.0259. The summed E-state index contributed by atoms with van der Waals surface area (Å²) in [6.07, 6.45) is 24.1. The van der Waals surface area contributed by atoms with E-state index in [0.29, 0.717) is 12.8 Å². The predicted molar refractivity (Wildman–Crippen MR) is 296 cm³/mol. The molecule has 2 aliphatic heterocycles. The Bertz CT molecular complexity index is 1390. The first-order chi connectivity index (χ1) is 36.8. The van der Waals surface area contributed by atoms with Crippen molar-refractivity contribution in [1.29, 1.82) is 0 Å². The van der Waals surface area contributed by atoms with Crippen LogP contribution in [0, 0.1) is 0 Å². The van der Waals surface area contributed by atoms with E-state index in [1.807, 2.05) is 0 Å². The normalized spacial score (nSPS) is 25.5. The average molecular weight is 1090 g/mol. The fraction of sp³-hybridized carbons (Fsp3) is 0.966. The number of carbonyl (C=O) groups excluding carboxylic acids is 2. The van der Waals surface area contributed by atoms with Gasteiger partial charge < -0.3 is 75.5 Å². The van der Waals surface area contributed by atoms with Crippen molar-refractivity contribution >= 4 is 11.8 Å². The highest BCUT2D eigenvalue weighted by Gasteiger charge is 2.51. The number of ether oxygens (including phenoxy) is 4. The summed E-state index contributed by atoms with van der Waals surface area (Å²) in [5.74, 6) is -1.39. The summed E-state index contributed by atoms with van der Waals surface area (Å²) in [5, 5.41) is 103. The van der Waals surface area contributed by atoms with Crippen molar-refractivity contribution in [1.82, 2.24) is 10.6 Å². The van der Waals surface area contributed by atoms with Crippen molar-refractivity contribution in [2.45, 2.75) is 344 Å². The molecule has 0 aliphatic carbocycles. The van der Waals surface area contributed by atoms with Gasteiger partial charge in [-0.3, -0.25) is 9.59 Å². The highest BCUT2D eigenvalue weighted by atomic mass is 16.7. The second kappa shape index (κ2) is 45.1. The van der Waals surface area contributed by atoms with Crippen LogP contribution in [0.15, 0.2) is 0 Å². The molecule has 2 amide bonds. The molecule has 76 heavy (non-hydrogen) atoms. The zero-order valence-electron chi connectivity index (χ0n) is 47.8. The van der Waals surface area contributed by atoms with E-state index in [1.165, 1.54) is 161 Å². The van der Waals surface area contributed by atoms with Crippen LogP contribution in [0.2, 0.25) is 0 Å².